The summed E-state index contributed by atoms with van der Waals surface area (Å²) in [6.07, 6.45) is 5.75. The van der Waals surface area contributed by atoms with Crippen molar-refractivity contribution in [3.63, 3.8) is 0 Å². The average molecular weight is 429 g/mol. The van der Waals surface area contributed by atoms with Gasteiger partial charge in [0.15, 0.2) is 5.65 Å². The molecule has 0 atom stereocenters. The third kappa shape index (κ3) is 4.49. The molecule has 3 aromatic heterocycles. The molecule has 1 N–H and O–H groups in total. The summed E-state index contributed by atoms with van der Waals surface area (Å²) in [7, 11) is 0. The second kappa shape index (κ2) is 9.38. The van der Waals surface area contributed by atoms with Crippen LogP contribution < -0.4 is 16.4 Å². The van der Waals surface area contributed by atoms with Gasteiger partial charge in [0.1, 0.15) is 6.54 Å². The number of rotatable bonds is 7. The van der Waals surface area contributed by atoms with Gasteiger partial charge in [-0.25, -0.2) is 4.98 Å². The second-order valence-electron chi connectivity index (χ2n) is 7.43. The van der Waals surface area contributed by atoms with Gasteiger partial charge >= 0.3 is 11.1 Å². The highest BCUT2D eigenvalue weighted by Crippen LogP contribution is 2.10. The van der Waals surface area contributed by atoms with Gasteiger partial charge < -0.3 is 5.32 Å². The monoisotopic (exact) mass is 429 g/mol. The maximum absolute atomic E-state index is 12.9. The number of carbonyl (C=O) groups is 1. The zero-order valence-corrected chi connectivity index (χ0v) is 17.7. The van der Waals surface area contributed by atoms with Crippen LogP contribution in [-0.4, -0.2) is 25.0 Å². The van der Waals surface area contributed by atoms with E-state index < -0.39 is 11.1 Å². The van der Waals surface area contributed by atoms with Gasteiger partial charge in [-0.05, 0) is 47.4 Å². The highest BCUT2D eigenvalue weighted by atomic mass is 16.2. The molecule has 0 fully saturated rings. The van der Waals surface area contributed by atoms with Crippen LogP contribution in [0.25, 0.3) is 11.2 Å². The lowest BCUT2D eigenvalue weighted by Gasteiger charge is -2.14. The van der Waals surface area contributed by atoms with Crippen molar-refractivity contribution in [2.45, 2.75) is 33.0 Å². The van der Waals surface area contributed by atoms with Crippen molar-refractivity contribution < 1.29 is 4.79 Å². The molecule has 32 heavy (non-hydrogen) atoms. The summed E-state index contributed by atoms with van der Waals surface area (Å²) in [5.41, 5.74) is 2.28. The normalized spacial score (nSPS) is 10.9. The molecule has 0 radical (unpaired) electrons. The van der Waals surface area contributed by atoms with Crippen molar-refractivity contribution in [3.05, 3.63) is 105 Å². The fourth-order valence-corrected chi connectivity index (χ4v) is 3.51. The lowest BCUT2D eigenvalue weighted by molar-refractivity contribution is -0.121. The van der Waals surface area contributed by atoms with E-state index in [1.54, 1.807) is 42.9 Å². The fraction of sp³-hybridized carbons (Fsp3) is 0.208. The summed E-state index contributed by atoms with van der Waals surface area (Å²) in [4.78, 5) is 46.6. The van der Waals surface area contributed by atoms with E-state index in [2.05, 4.69) is 22.2 Å². The Balaban J connectivity index is 1.60. The van der Waals surface area contributed by atoms with E-state index in [4.69, 9.17) is 0 Å². The topological polar surface area (TPSA) is 98.9 Å². The maximum atomic E-state index is 12.9. The molecule has 0 aliphatic rings. The molecule has 0 aliphatic carbocycles. The van der Waals surface area contributed by atoms with Gasteiger partial charge in [-0.2, -0.15) is 0 Å². The average Bonchev–Trinajstić information content (AvgIpc) is 2.84. The van der Waals surface area contributed by atoms with Gasteiger partial charge in [0.25, 0.3) is 0 Å². The molecule has 1 aromatic carbocycles. The zero-order chi connectivity index (χ0) is 22.5. The largest absolute Gasteiger partial charge is 0.350 e. The van der Waals surface area contributed by atoms with Crippen LogP contribution >= 0.6 is 0 Å². The van der Waals surface area contributed by atoms with Crippen LogP contribution in [0, 0.1) is 0 Å². The van der Waals surface area contributed by atoms with Crippen molar-refractivity contribution in [3.8, 4) is 0 Å². The van der Waals surface area contributed by atoms with Crippen molar-refractivity contribution in [1.82, 2.24) is 24.4 Å². The minimum absolute atomic E-state index is 0.185. The Morgan fingerprint density at radius 1 is 0.875 bits per heavy atom. The first kappa shape index (κ1) is 21.2. The first-order valence-electron chi connectivity index (χ1n) is 10.4. The number of amides is 1. The Morgan fingerprint density at radius 3 is 2.28 bits per heavy atom. The summed E-state index contributed by atoms with van der Waals surface area (Å²) in [6, 6.07) is 14.9. The van der Waals surface area contributed by atoms with Gasteiger partial charge in [-0.1, -0.05) is 31.2 Å². The lowest BCUT2D eigenvalue weighted by Crippen LogP contribution is -2.44. The highest BCUT2D eigenvalue weighted by Gasteiger charge is 2.16. The number of aromatic nitrogens is 4. The Morgan fingerprint density at radius 2 is 1.56 bits per heavy atom. The minimum Gasteiger partial charge on any atom is -0.350 e. The van der Waals surface area contributed by atoms with Crippen LogP contribution in [-0.2, 0) is 30.8 Å². The number of nitrogens with zero attached hydrogens (tertiary/aromatic N) is 4. The van der Waals surface area contributed by atoms with Crippen molar-refractivity contribution in [2.75, 3.05) is 0 Å². The quantitative estimate of drug-likeness (QED) is 0.452. The molecule has 0 saturated carbocycles. The van der Waals surface area contributed by atoms with Gasteiger partial charge in [-0.3, -0.25) is 28.5 Å². The predicted molar refractivity (Wildman–Crippen MR) is 121 cm³/mol. The van der Waals surface area contributed by atoms with Crippen LogP contribution in [0.15, 0.2) is 76.7 Å². The smallest absolute Gasteiger partial charge is 0.318 e. The van der Waals surface area contributed by atoms with Crippen molar-refractivity contribution >= 4 is 17.1 Å². The van der Waals surface area contributed by atoms with Crippen LogP contribution in [0.5, 0.6) is 0 Å². The molecular weight excluding hydrogens is 406 g/mol. The molecule has 8 nitrogen and oxygen atoms in total. The van der Waals surface area contributed by atoms with E-state index in [0.717, 1.165) is 17.5 Å². The van der Waals surface area contributed by atoms with Gasteiger partial charge in [0.05, 0.1) is 12.1 Å². The lowest BCUT2D eigenvalue weighted by atomic mass is 10.1. The molecule has 0 aliphatic heterocycles. The third-order valence-electron chi connectivity index (χ3n) is 5.30. The molecule has 3 heterocycles. The van der Waals surface area contributed by atoms with Gasteiger partial charge in [0, 0.05) is 25.1 Å². The minimum atomic E-state index is -0.762. The number of pyridine rings is 2. The maximum Gasteiger partial charge on any atom is 0.318 e. The van der Waals surface area contributed by atoms with Crippen LogP contribution in [0.1, 0.15) is 23.6 Å². The van der Waals surface area contributed by atoms with Gasteiger partial charge in [0.2, 0.25) is 5.91 Å². The number of fused-ring (bicyclic) bond motifs is 1. The number of carbonyl (C=O) groups excluding carboxylic acids is 1. The van der Waals surface area contributed by atoms with E-state index in [1.807, 2.05) is 24.3 Å². The Kier molecular flexibility index (Phi) is 6.21. The molecule has 1 amide bonds. The van der Waals surface area contributed by atoms with Gasteiger partial charge in [-0.15, -0.1) is 0 Å². The summed E-state index contributed by atoms with van der Waals surface area (Å²) in [5.74, 6) is -0.358. The van der Waals surface area contributed by atoms with E-state index in [0.29, 0.717) is 17.7 Å². The van der Waals surface area contributed by atoms with E-state index in [9.17, 15) is 14.4 Å². The number of benzene rings is 1. The third-order valence-corrected chi connectivity index (χ3v) is 5.30. The molecule has 0 saturated heterocycles. The molecule has 0 bridgehead atoms. The number of hydrogen-bond acceptors (Lipinski definition) is 5. The summed E-state index contributed by atoms with van der Waals surface area (Å²) >= 11 is 0. The number of nitrogens with one attached hydrogen (secondary N) is 1. The molecule has 162 valence electrons. The van der Waals surface area contributed by atoms with E-state index in [1.165, 1.54) is 14.7 Å². The molecule has 8 heteroatoms. The molecule has 4 rings (SSSR count). The summed E-state index contributed by atoms with van der Waals surface area (Å²) in [5, 5.41) is 2.82. The zero-order valence-electron chi connectivity index (χ0n) is 17.7. The first-order valence-corrected chi connectivity index (χ1v) is 10.4. The summed E-state index contributed by atoms with van der Waals surface area (Å²) < 4.78 is 2.51. The molecular formula is C24H23N5O3. The van der Waals surface area contributed by atoms with Crippen LogP contribution in [0.4, 0.5) is 0 Å². The number of hydrogen-bond donors (Lipinski definition) is 1. The SMILES string of the molecule is CCc1ccc(CNC(=O)Cn2c(=O)c(=O)n(Cc3ccncc3)c3ncccc32)cc1. The molecule has 4 aromatic rings. The second-order valence-corrected chi connectivity index (χ2v) is 7.43. The van der Waals surface area contributed by atoms with E-state index >= 15 is 0 Å². The molecule has 0 unspecified atom stereocenters. The Hall–Kier alpha value is -4.07. The predicted octanol–water partition coefficient (Wildman–Crippen LogP) is 1.88. The van der Waals surface area contributed by atoms with Crippen molar-refractivity contribution in [2.24, 2.45) is 0 Å². The highest BCUT2D eigenvalue weighted by molar-refractivity contribution is 5.78. The van der Waals surface area contributed by atoms with Crippen LogP contribution in [0.2, 0.25) is 0 Å². The summed E-state index contributed by atoms with van der Waals surface area (Å²) in [6.45, 7) is 2.34. The molecule has 0 spiro atoms. The Labute approximate surface area is 184 Å². The Bertz CT molecular complexity index is 1360. The van der Waals surface area contributed by atoms with E-state index in [-0.39, 0.29) is 19.0 Å². The van der Waals surface area contributed by atoms with Crippen LogP contribution in [0.3, 0.4) is 0 Å². The number of aryl methyl sites for hydroxylation is 1. The first-order chi connectivity index (χ1) is 15.6. The standard InChI is InChI=1S/C24H23N5O3/c1-2-17-5-7-18(8-6-17)14-27-21(30)16-28-20-4-3-11-26-22(20)29(24(32)23(28)31)15-19-9-12-25-13-10-19/h3-13H,2,14-16H2,1H3,(H,27,30). The van der Waals surface area contributed by atoms with Crippen molar-refractivity contribution in [1.29, 1.82) is 0 Å². The fourth-order valence-electron chi connectivity index (χ4n) is 3.51.